The third kappa shape index (κ3) is 5.47. The molecule has 4 rings (SSSR count). The number of para-hydroxylation sites is 2. The molecule has 1 aliphatic heterocycles. The highest BCUT2D eigenvalue weighted by atomic mass is 16.6. The Balaban J connectivity index is 1.57. The van der Waals surface area contributed by atoms with Crippen molar-refractivity contribution >= 4 is 22.8 Å². The number of carbonyl (C=O) groups excluding carboxylic acids is 1. The molecule has 0 radical (unpaired) electrons. The number of rotatable bonds is 8. The Morgan fingerprint density at radius 3 is 2.39 bits per heavy atom. The molecule has 2 aromatic carbocycles. The smallest absolute Gasteiger partial charge is 0.329 e. The zero-order valence-corrected chi connectivity index (χ0v) is 18.8. The average molecular weight is 445 g/mol. The molecule has 33 heavy (non-hydrogen) atoms. The van der Waals surface area contributed by atoms with Crippen LogP contribution in [0.4, 0.5) is 5.82 Å². The number of carbonyl (C=O) groups is 1. The van der Waals surface area contributed by atoms with Gasteiger partial charge in [0.25, 0.3) is 0 Å². The summed E-state index contributed by atoms with van der Waals surface area (Å²) in [5.74, 6) is -0.580. The fourth-order valence-corrected chi connectivity index (χ4v) is 4.26. The first-order valence-electron chi connectivity index (χ1n) is 11.3. The van der Waals surface area contributed by atoms with Gasteiger partial charge in [0, 0.05) is 20.2 Å². The van der Waals surface area contributed by atoms with Crippen molar-refractivity contribution < 1.29 is 14.3 Å². The van der Waals surface area contributed by atoms with Gasteiger partial charge in [-0.2, -0.15) is 5.26 Å². The zero-order chi connectivity index (χ0) is 23.0. The van der Waals surface area contributed by atoms with Crippen molar-refractivity contribution in [1.82, 2.24) is 9.97 Å². The minimum atomic E-state index is -1.14. The van der Waals surface area contributed by atoms with E-state index in [0.29, 0.717) is 22.9 Å². The molecular formula is C26H28N4O3. The van der Waals surface area contributed by atoms with Gasteiger partial charge in [-0.15, -0.1) is 0 Å². The summed E-state index contributed by atoms with van der Waals surface area (Å²) >= 11 is 0. The number of benzene rings is 2. The maximum atomic E-state index is 12.7. The van der Waals surface area contributed by atoms with Crippen molar-refractivity contribution in [1.29, 1.82) is 5.26 Å². The molecule has 1 atom stereocenters. The largest absolute Gasteiger partial charge is 0.462 e. The first-order valence-corrected chi connectivity index (χ1v) is 11.3. The summed E-state index contributed by atoms with van der Waals surface area (Å²) < 4.78 is 10.2. The van der Waals surface area contributed by atoms with Gasteiger partial charge in [-0.3, -0.25) is 4.79 Å². The second-order valence-electron chi connectivity index (χ2n) is 8.26. The molecule has 0 saturated carbocycles. The number of aromatic nitrogens is 2. The van der Waals surface area contributed by atoms with Gasteiger partial charge in [-0.05, 0) is 42.9 Å². The molecule has 1 fully saturated rings. The van der Waals surface area contributed by atoms with E-state index in [0.717, 1.165) is 37.9 Å². The number of esters is 1. The summed E-state index contributed by atoms with van der Waals surface area (Å²) in [6, 6.07) is 20.1. The van der Waals surface area contributed by atoms with Crippen LogP contribution in [0.3, 0.4) is 0 Å². The summed E-state index contributed by atoms with van der Waals surface area (Å²) in [6.07, 6.45) is 3.08. The van der Waals surface area contributed by atoms with Crippen LogP contribution in [-0.4, -0.2) is 49.4 Å². The molecule has 0 amide bonds. The highest BCUT2D eigenvalue weighted by Gasteiger charge is 2.31. The van der Waals surface area contributed by atoms with Gasteiger partial charge < -0.3 is 14.4 Å². The number of fused-ring (bicyclic) bond motifs is 1. The summed E-state index contributed by atoms with van der Waals surface area (Å²) in [4.78, 5) is 24.4. The second kappa shape index (κ2) is 10.9. The van der Waals surface area contributed by atoms with Gasteiger partial charge in [-0.25, -0.2) is 9.97 Å². The Kier molecular flexibility index (Phi) is 7.48. The Bertz CT molecular complexity index is 1120. The lowest BCUT2D eigenvalue weighted by atomic mass is 9.90. The van der Waals surface area contributed by atoms with Crippen LogP contribution in [0, 0.1) is 17.2 Å². The van der Waals surface area contributed by atoms with Gasteiger partial charge in [0.1, 0.15) is 12.3 Å². The minimum absolute atomic E-state index is 0.0920. The molecule has 2 heterocycles. The van der Waals surface area contributed by atoms with Gasteiger partial charge >= 0.3 is 5.97 Å². The predicted octanol–water partition coefficient (Wildman–Crippen LogP) is 3.89. The van der Waals surface area contributed by atoms with Crippen LogP contribution in [0.5, 0.6) is 0 Å². The van der Waals surface area contributed by atoms with E-state index in [1.165, 1.54) is 12.7 Å². The van der Waals surface area contributed by atoms with Gasteiger partial charge in [0.05, 0.1) is 23.7 Å². The maximum Gasteiger partial charge on any atom is 0.329 e. The van der Waals surface area contributed by atoms with E-state index in [1.807, 2.05) is 30.3 Å². The SMILES string of the molecule is COCCOC(=O)[C@@H](C#N)c1nc2ccccc2nc1N1CCC(Cc2ccccc2)CC1. The number of methoxy groups -OCH3 is 1. The lowest BCUT2D eigenvalue weighted by molar-refractivity contribution is -0.145. The van der Waals surface area contributed by atoms with E-state index in [4.69, 9.17) is 19.4 Å². The molecule has 1 aliphatic rings. The van der Waals surface area contributed by atoms with Crippen molar-refractivity contribution in [2.45, 2.75) is 25.2 Å². The number of hydrogen-bond acceptors (Lipinski definition) is 7. The van der Waals surface area contributed by atoms with Crippen LogP contribution in [0.15, 0.2) is 54.6 Å². The number of piperidine rings is 1. The average Bonchev–Trinajstić information content (AvgIpc) is 2.85. The van der Waals surface area contributed by atoms with E-state index in [2.05, 4.69) is 35.2 Å². The van der Waals surface area contributed by atoms with Gasteiger partial charge in [0.2, 0.25) is 0 Å². The Morgan fingerprint density at radius 2 is 1.73 bits per heavy atom. The normalized spacial score (nSPS) is 15.2. The molecule has 0 spiro atoms. The minimum Gasteiger partial charge on any atom is -0.462 e. The van der Waals surface area contributed by atoms with Crippen molar-refractivity contribution in [3.8, 4) is 6.07 Å². The predicted molar refractivity (Wildman–Crippen MR) is 126 cm³/mol. The van der Waals surface area contributed by atoms with Crippen LogP contribution in [0.25, 0.3) is 11.0 Å². The third-order valence-corrected chi connectivity index (χ3v) is 6.03. The van der Waals surface area contributed by atoms with Crippen molar-refractivity contribution in [3.05, 3.63) is 65.9 Å². The molecule has 3 aromatic rings. The number of ether oxygens (including phenoxy) is 2. The van der Waals surface area contributed by atoms with Gasteiger partial charge in [-0.1, -0.05) is 42.5 Å². The van der Waals surface area contributed by atoms with E-state index < -0.39 is 11.9 Å². The zero-order valence-electron chi connectivity index (χ0n) is 18.8. The molecule has 0 N–H and O–H groups in total. The highest BCUT2D eigenvalue weighted by Crippen LogP contribution is 2.31. The standard InChI is InChI=1S/C26H28N4O3/c1-32-15-16-33-26(31)21(18-27)24-25(29-23-10-6-5-9-22(23)28-24)30-13-11-20(12-14-30)17-19-7-3-2-4-8-19/h2-10,20-21H,11-17H2,1H3/t21-/m0/s1. The Morgan fingerprint density at radius 1 is 1.06 bits per heavy atom. The molecule has 0 unspecified atom stereocenters. The van der Waals surface area contributed by atoms with Gasteiger partial charge in [0.15, 0.2) is 11.7 Å². The summed E-state index contributed by atoms with van der Waals surface area (Å²) in [5, 5.41) is 9.84. The number of nitrogens with zero attached hydrogens (tertiary/aromatic N) is 4. The third-order valence-electron chi connectivity index (χ3n) is 6.03. The van der Waals surface area contributed by atoms with Crippen molar-refractivity contribution in [2.24, 2.45) is 5.92 Å². The fourth-order valence-electron chi connectivity index (χ4n) is 4.26. The number of hydrogen-bond donors (Lipinski definition) is 0. The highest BCUT2D eigenvalue weighted by molar-refractivity contribution is 5.85. The van der Waals surface area contributed by atoms with E-state index >= 15 is 0 Å². The number of anilines is 1. The number of nitriles is 1. The first-order chi connectivity index (χ1) is 16.2. The van der Waals surface area contributed by atoms with Crippen molar-refractivity contribution in [3.63, 3.8) is 0 Å². The first kappa shape index (κ1) is 22.7. The van der Waals surface area contributed by atoms with Crippen LogP contribution >= 0.6 is 0 Å². The molecule has 1 saturated heterocycles. The lowest BCUT2D eigenvalue weighted by Gasteiger charge is -2.34. The van der Waals surface area contributed by atoms with E-state index in [1.54, 1.807) is 0 Å². The monoisotopic (exact) mass is 444 g/mol. The molecule has 1 aromatic heterocycles. The molecule has 7 heteroatoms. The van der Waals surface area contributed by atoms with Crippen LogP contribution in [0.2, 0.25) is 0 Å². The van der Waals surface area contributed by atoms with Crippen LogP contribution in [0.1, 0.15) is 30.0 Å². The van der Waals surface area contributed by atoms with E-state index in [-0.39, 0.29) is 13.2 Å². The molecule has 0 bridgehead atoms. The molecule has 0 aliphatic carbocycles. The topological polar surface area (TPSA) is 88.3 Å². The maximum absolute atomic E-state index is 12.7. The summed E-state index contributed by atoms with van der Waals surface area (Å²) in [7, 11) is 1.53. The molecule has 170 valence electrons. The van der Waals surface area contributed by atoms with Crippen LogP contribution < -0.4 is 4.90 Å². The summed E-state index contributed by atoms with van der Waals surface area (Å²) in [5.41, 5.74) is 3.11. The fraction of sp³-hybridized carbons (Fsp3) is 0.385. The van der Waals surface area contributed by atoms with Crippen LogP contribution in [-0.2, 0) is 20.7 Å². The quantitative estimate of drug-likeness (QED) is 0.385. The lowest BCUT2D eigenvalue weighted by Crippen LogP contribution is -2.36. The molecular weight excluding hydrogens is 416 g/mol. The Hall–Kier alpha value is -3.50. The molecule has 7 nitrogen and oxygen atoms in total. The summed E-state index contributed by atoms with van der Waals surface area (Å²) in [6.45, 7) is 1.96. The van der Waals surface area contributed by atoms with Crippen molar-refractivity contribution in [2.75, 3.05) is 38.3 Å². The second-order valence-corrected chi connectivity index (χ2v) is 8.26. The Labute approximate surface area is 194 Å². The van der Waals surface area contributed by atoms with E-state index in [9.17, 15) is 10.1 Å².